The van der Waals surface area contributed by atoms with Gasteiger partial charge in [-0.3, -0.25) is 4.90 Å². The van der Waals surface area contributed by atoms with Crippen LogP contribution in [-0.2, 0) is 4.74 Å². The number of hydrogen-bond donors (Lipinski definition) is 1. The summed E-state index contributed by atoms with van der Waals surface area (Å²) in [6.07, 6.45) is 0.00495. The Morgan fingerprint density at radius 2 is 2.21 bits per heavy atom. The summed E-state index contributed by atoms with van der Waals surface area (Å²) in [5.41, 5.74) is 6.65. The van der Waals surface area contributed by atoms with Crippen molar-refractivity contribution in [2.75, 3.05) is 47.0 Å². The van der Waals surface area contributed by atoms with Crippen molar-refractivity contribution in [1.29, 1.82) is 0 Å². The summed E-state index contributed by atoms with van der Waals surface area (Å²) in [5, 5.41) is 0. The number of hydrogen-bond acceptors (Lipinski definition) is 5. The number of ether oxygens (including phenoxy) is 3. The number of methoxy groups -OCH3 is 2. The van der Waals surface area contributed by atoms with Gasteiger partial charge in [0.25, 0.3) is 0 Å². The van der Waals surface area contributed by atoms with E-state index in [0.29, 0.717) is 13.2 Å². The Morgan fingerprint density at radius 3 is 2.89 bits per heavy atom. The third-order valence-electron chi connectivity index (χ3n) is 3.38. The van der Waals surface area contributed by atoms with E-state index in [1.54, 1.807) is 14.2 Å². The first-order valence-corrected chi connectivity index (χ1v) is 6.54. The second-order valence-electron chi connectivity index (χ2n) is 4.56. The fourth-order valence-corrected chi connectivity index (χ4v) is 2.37. The molecular weight excluding hydrogens is 244 g/mol. The molecule has 5 nitrogen and oxygen atoms in total. The van der Waals surface area contributed by atoms with Crippen LogP contribution in [0.15, 0.2) is 18.2 Å². The van der Waals surface area contributed by atoms with Crippen molar-refractivity contribution in [3.8, 4) is 11.5 Å². The summed E-state index contributed by atoms with van der Waals surface area (Å²) in [6, 6.07) is 5.79. The van der Waals surface area contributed by atoms with E-state index >= 15 is 0 Å². The van der Waals surface area contributed by atoms with E-state index in [1.807, 2.05) is 18.2 Å². The minimum atomic E-state index is 0.00495. The first-order chi connectivity index (χ1) is 9.28. The zero-order valence-electron chi connectivity index (χ0n) is 11.6. The Hall–Kier alpha value is -1.30. The third kappa shape index (κ3) is 3.37. The Balaban J connectivity index is 2.19. The van der Waals surface area contributed by atoms with Crippen molar-refractivity contribution in [3.05, 3.63) is 23.8 Å². The van der Waals surface area contributed by atoms with Gasteiger partial charge in [-0.1, -0.05) is 0 Å². The van der Waals surface area contributed by atoms with Crippen LogP contribution in [0.25, 0.3) is 0 Å². The van der Waals surface area contributed by atoms with Crippen LogP contribution < -0.4 is 15.2 Å². The fraction of sp³-hybridized carbons (Fsp3) is 0.571. The zero-order chi connectivity index (χ0) is 13.7. The smallest absolute Gasteiger partial charge is 0.124 e. The molecule has 1 heterocycles. The molecule has 1 fully saturated rings. The Morgan fingerprint density at radius 1 is 1.37 bits per heavy atom. The standard InChI is InChI=1S/C14H22N2O3/c1-17-11-3-4-13(18-2)12(9-11)14-10-16(6-5-15)7-8-19-14/h3-4,9,14H,5-8,10,15H2,1-2H3. The van der Waals surface area contributed by atoms with E-state index in [9.17, 15) is 0 Å². The molecule has 1 unspecified atom stereocenters. The highest BCUT2D eigenvalue weighted by Crippen LogP contribution is 2.33. The van der Waals surface area contributed by atoms with E-state index in [2.05, 4.69) is 4.90 Å². The minimum Gasteiger partial charge on any atom is -0.497 e. The van der Waals surface area contributed by atoms with Crippen LogP contribution in [0.5, 0.6) is 11.5 Å². The lowest BCUT2D eigenvalue weighted by Gasteiger charge is -2.33. The highest BCUT2D eigenvalue weighted by molar-refractivity contribution is 5.42. The van der Waals surface area contributed by atoms with E-state index in [4.69, 9.17) is 19.9 Å². The molecule has 5 heteroatoms. The largest absolute Gasteiger partial charge is 0.497 e. The molecule has 1 atom stereocenters. The van der Waals surface area contributed by atoms with Gasteiger partial charge in [-0.05, 0) is 18.2 Å². The number of nitrogens with zero attached hydrogens (tertiary/aromatic N) is 1. The number of rotatable bonds is 5. The average molecular weight is 266 g/mol. The minimum absolute atomic E-state index is 0.00495. The van der Waals surface area contributed by atoms with Crippen LogP contribution in [0.1, 0.15) is 11.7 Å². The molecule has 0 amide bonds. The van der Waals surface area contributed by atoms with Gasteiger partial charge in [0.2, 0.25) is 0 Å². The summed E-state index contributed by atoms with van der Waals surface area (Å²) in [5.74, 6) is 1.65. The summed E-state index contributed by atoms with van der Waals surface area (Å²) < 4.78 is 16.6. The summed E-state index contributed by atoms with van der Waals surface area (Å²) in [6.45, 7) is 4.04. The Bertz CT molecular complexity index is 410. The van der Waals surface area contributed by atoms with Crippen LogP contribution in [-0.4, -0.2) is 51.9 Å². The van der Waals surface area contributed by atoms with Gasteiger partial charge in [0, 0.05) is 31.7 Å². The normalized spacial score (nSPS) is 20.3. The van der Waals surface area contributed by atoms with Gasteiger partial charge in [0.15, 0.2) is 0 Å². The number of morpholine rings is 1. The van der Waals surface area contributed by atoms with Gasteiger partial charge < -0.3 is 19.9 Å². The van der Waals surface area contributed by atoms with Crippen LogP contribution >= 0.6 is 0 Å². The third-order valence-corrected chi connectivity index (χ3v) is 3.38. The van der Waals surface area contributed by atoms with E-state index in [1.165, 1.54) is 0 Å². The number of nitrogens with two attached hydrogens (primary N) is 1. The first kappa shape index (κ1) is 14.1. The fourth-order valence-electron chi connectivity index (χ4n) is 2.37. The topological polar surface area (TPSA) is 57.0 Å². The maximum absolute atomic E-state index is 5.86. The predicted octanol–water partition coefficient (Wildman–Crippen LogP) is 1.04. The van der Waals surface area contributed by atoms with Crippen molar-refractivity contribution in [1.82, 2.24) is 4.90 Å². The molecule has 1 saturated heterocycles. The van der Waals surface area contributed by atoms with Gasteiger partial charge in [-0.25, -0.2) is 0 Å². The maximum atomic E-state index is 5.86. The molecule has 1 aromatic rings. The van der Waals surface area contributed by atoms with Crippen molar-refractivity contribution in [2.24, 2.45) is 5.73 Å². The molecule has 2 rings (SSSR count). The molecule has 19 heavy (non-hydrogen) atoms. The second kappa shape index (κ2) is 6.75. The summed E-state index contributed by atoms with van der Waals surface area (Å²) >= 11 is 0. The molecule has 1 aliphatic heterocycles. The van der Waals surface area contributed by atoms with Crippen molar-refractivity contribution in [2.45, 2.75) is 6.10 Å². The van der Waals surface area contributed by atoms with Gasteiger partial charge in [-0.2, -0.15) is 0 Å². The van der Waals surface area contributed by atoms with Crippen molar-refractivity contribution in [3.63, 3.8) is 0 Å². The van der Waals surface area contributed by atoms with E-state index in [0.717, 1.165) is 36.7 Å². The van der Waals surface area contributed by atoms with Crippen LogP contribution in [0, 0.1) is 0 Å². The summed E-state index contributed by atoms with van der Waals surface area (Å²) in [7, 11) is 3.33. The second-order valence-corrected chi connectivity index (χ2v) is 4.56. The highest BCUT2D eigenvalue weighted by atomic mass is 16.5. The first-order valence-electron chi connectivity index (χ1n) is 6.54. The molecule has 0 bridgehead atoms. The lowest BCUT2D eigenvalue weighted by atomic mass is 10.1. The molecule has 1 aromatic carbocycles. The molecule has 0 saturated carbocycles. The van der Waals surface area contributed by atoms with E-state index < -0.39 is 0 Å². The molecule has 0 aromatic heterocycles. The quantitative estimate of drug-likeness (QED) is 0.863. The maximum Gasteiger partial charge on any atom is 0.124 e. The molecule has 0 spiro atoms. The van der Waals surface area contributed by atoms with Crippen LogP contribution in [0.4, 0.5) is 0 Å². The van der Waals surface area contributed by atoms with Gasteiger partial charge in [0.1, 0.15) is 11.5 Å². The Kier molecular flexibility index (Phi) is 5.01. The van der Waals surface area contributed by atoms with Gasteiger partial charge in [0.05, 0.1) is 26.9 Å². The van der Waals surface area contributed by atoms with E-state index in [-0.39, 0.29) is 6.10 Å². The average Bonchev–Trinajstić information content (AvgIpc) is 2.47. The Labute approximate surface area is 114 Å². The zero-order valence-corrected chi connectivity index (χ0v) is 11.6. The lowest BCUT2D eigenvalue weighted by molar-refractivity contribution is -0.0299. The number of benzene rings is 1. The van der Waals surface area contributed by atoms with Crippen LogP contribution in [0.3, 0.4) is 0 Å². The lowest BCUT2D eigenvalue weighted by Crippen LogP contribution is -2.40. The van der Waals surface area contributed by atoms with Gasteiger partial charge in [-0.15, -0.1) is 0 Å². The molecule has 0 radical (unpaired) electrons. The molecule has 1 aliphatic rings. The molecular formula is C14H22N2O3. The SMILES string of the molecule is COc1ccc(OC)c(C2CN(CCN)CCO2)c1. The highest BCUT2D eigenvalue weighted by Gasteiger charge is 2.24. The van der Waals surface area contributed by atoms with Crippen LogP contribution in [0.2, 0.25) is 0 Å². The predicted molar refractivity (Wildman–Crippen MR) is 73.7 cm³/mol. The molecule has 106 valence electrons. The van der Waals surface area contributed by atoms with Crippen molar-refractivity contribution >= 4 is 0 Å². The van der Waals surface area contributed by atoms with Crippen molar-refractivity contribution < 1.29 is 14.2 Å². The van der Waals surface area contributed by atoms with Gasteiger partial charge >= 0.3 is 0 Å². The summed E-state index contributed by atoms with van der Waals surface area (Å²) in [4.78, 5) is 2.31. The monoisotopic (exact) mass is 266 g/mol. The molecule has 0 aliphatic carbocycles. The molecule has 2 N–H and O–H groups in total.